The first-order valence-corrected chi connectivity index (χ1v) is 8.93. The molecule has 3 rings (SSSR count). The molecule has 1 aliphatic heterocycles. The monoisotopic (exact) mass is 349 g/mol. The number of benzene rings is 1. The smallest absolute Gasteiger partial charge is 0.242 e. The number of aromatic nitrogens is 1. The van der Waals surface area contributed by atoms with Gasteiger partial charge in [0.1, 0.15) is 5.52 Å². The molecule has 2 N–H and O–H groups in total. The predicted molar refractivity (Wildman–Crippen MR) is 95.1 cm³/mol. The Morgan fingerprint density at radius 1 is 1.46 bits per heavy atom. The van der Waals surface area contributed by atoms with E-state index >= 15 is 0 Å². The number of likely N-dealkylation sites (tertiary alicyclic amines) is 1. The maximum absolute atomic E-state index is 12.6. The van der Waals surface area contributed by atoms with Gasteiger partial charge in [-0.1, -0.05) is 24.9 Å². The Balaban J connectivity index is 1.67. The number of carbonyl (C=O) groups excluding carboxylic acids is 1. The topological polar surface area (TPSA) is 72.4 Å². The Bertz CT molecular complexity index is 733. The van der Waals surface area contributed by atoms with Gasteiger partial charge in [0.05, 0.1) is 5.54 Å². The predicted octanol–water partition coefficient (Wildman–Crippen LogP) is 3.70. The molecule has 2 heterocycles. The van der Waals surface area contributed by atoms with Crippen molar-refractivity contribution in [1.29, 1.82) is 0 Å². The first kappa shape index (κ1) is 17.2. The van der Waals surface area contributed by atoms with Crippen molar-refractivity contribution in [3.63, 3.8) is 0 Å². The highest BCUT2D eigenvalue weighted by Gasteiger charge is 2.35. The maximum atomic E-state index is 12.6. The first-order valence-electron chi connectivity index (χ1n) is 8.55. The van der Waals surface area contributed by atoms with E-state index in [0.717, 1.165) is 36.3 Å². The lowest BCUT2D eigenvalue weighted by molar-refractivity contribution is -0.137. The van der Waals surface area contributed by atoms with Crippen LogP contribution in [0.2, 0.25) is 5.02 Å². The molecule has 130 valence electrons. The second-order valence-electron chi connectivity index (χ2n) is 6.90. The Morgan fingerprint density at radius 3 is 2.83 bits per heavy atom. The van der Waals surface area contributed by atoms with E-state index in [0.29, 0.717) is 24.5 Å². The zero-order valence-electron chi connectivity index (χ0n) is 14.2. The van der Waals surface area contributed by atoms with Gasteiger partial charge in [-0.05, 0) is 44.4 Å². The highest BCUT2D eigenvalue weighted by molar-refractivity contribution is 6.31. The summed E-state index contributed by atoms with van der Waals surface area (Å²) >= 11 is 6.00. The Hall–Kier alpha value is -1.59. The molecule has 2 aromatic rings. The number of carbonyl (C=O) groups is 1. The minimum atomic E-state index is -0.768. The highest BCUT2D eigenvalue weighted by Crippen LogP contribution is 2.31. The van der Waals surface area contributed by atoms with Crippen molar-refractivity contribution >= 4 is 28.6 Å². The molecule has 1 saturated heterocycles. The summed E-state index contributed by atoms with van der Waals surface area (Å²) in [7, 11) is 0. The zero-order valence-corrected chi connectivity index (χ0v) is 15.0. The third kappa shape index (κ3) is 3.42. The van der Waals surface area contributed by atoms with Crippen LogP contribution in [0.3, 0.4) is 0 Å². The van der Waals surface area contributed by atoms with Crippen molar-refractivity contribution in [2.24, 2.45) is 5.73 Å². The van der Waals surface area contributed by atoms with Crippen molar-refractivity contribution in [1.82, 2.24) is 9.88 Å². The number of halogens is 1. The molecule has 0 aliphatic carbocycles. The number of piperidine rings is 1. The SMILES string of the molecule is CCCC(C)(N)C(=O)N1CCC(c2nc3cc(Cl)ccc3o2)CC1. The van der Waals surface area contributed by atoms with Gasteiger partial charge < -0.3 is 15.1 Å². The van der Waals surface area contributed by atoms with Crippen LogP contribution in [0, 0.1) is 0 Å². The molecule has 1 aliphatic rings. The van der Waals surface area contributed by atoms with Gasteiger partial charge in [-0.2, -0.15) is 0 Å². The van der Waals surface area contributed by atoms with Crippen LogP contribution < -0.4 is 5.73 Å². The average Bonchev–Trinajstić information content (AvgIpc) is 2.97. The summed E-state index contributed by atoms with van der Waals surface area (Å²) in [6, 6.07) is 5.46. The fraction of sp³-hybridized carbons (Fsp3) is 0.556. The van der Waals surface area contributed by atoms with Crippen LogP contribution in [0.5, 0.6) is 0 Å². The fourth-order valence-corrected chi connectivity index (χ4v) is 3.58. The van der Waals surface area contributed by atoms with Gasteiger partial charge in [-0.3, -0.25) is 4.79 Å². The van der Waals surface area contributed by atoms with Crippen molar-refractivity contribution in [3.8, 4) is 0 Å². The lowest BCUT2D eigenvalue weighted by Crippen LogP contribution is -2.54. The average molecular weight is 350 g/mol. The van der Waals surface area contributed by atoms with Crippen molar-refractivity contribution in [2.75, 3.05) is 13.1 Å². The largest absolute Gasteiger partial charge is 0.440 e. The van der Waals surface area contributed by atoms with E-state index in [1.807, 2.05) is 30.9 Å². The van der Waals surface area contributed by atoms with Crippen molar-refractivity contribution in [3.05, 3.63) is 29.1 Å². The molecular weight excluding hydrogens is 326 g/mol. The standard InChI is InChI=1S/C18H24ClN3O2/c1-3-8-18(2,20)17(23)22-9-6-12(7-10-22)16-21-14-11-13(19)4-5-15(14)24-16/h4-5,11-12H,3,6-10,20H2,1-2H3. The van der Waals surface area contributed by atoms with Crippen LogP contribution in [0.1, 0.15) is 51.3 Å². The van der Waals surface area contributed by atoms with Crippen LogP contribution in [-0.2, 0) is 4.79 Å². The van der Waals surface area contributed by atoms with Crippen molar-refractivity contribution < 1.29 is 9.21 Å². The van der Waals surface area contributed by atoms with E-state index < -0.39 is 5.54 Å². The molecule has 1 fully saturated rings. The van der Waals surface area contributed by atoms with Gasteiger partial charge in [0.25, 0.3) is 0 Å². The number of rotatable bonds is 4. The molecule has 0 radical (unpaired) electrons. The molecule has 0 spiro atoms. The number of hydrogen-bond acceptors (Lipinski definition) is 4. The van der Waals surface area contributed by atoms with E-state index in [1.165, 1.54) is 0 Å². The molecule has 1 aromatic heterocycles. The highest BCUT2D eigenvalue weighted by atomic mass is 35.5. The number of hydrogen-bond donors (Lipinski definition) is 1. The van der Waals surface area contributed by atoms with E-state index in [2.05, 4.69) is 4.98 Å². The van der Waals surface area contributed by atoms with Gasteiger partial charge in [0.2, 0.25) is 5.91 Å². The molecule has 1 atom stereocenters. The molecular formula is C18H24ClN3O2. The summed E-state index contributed by atoms with van der Waals surface area (Å²) < 4.78 is 5.87. The summed E-state index contributed by atoms with van der Waals surface area (Å²) in [5, 5.41) is 0.654. The van der Waals surface area contributed by atoms with Gasteiger partial charge in [0, 0.05) is 24.0 Å². The second-order valence-corrected chi connectivity index (χ2v) is 7.33. The lowest BCUT2D eigenvalue weighted by Gasteiger charge is -2.36. The van der Waals surface area contributed by atoms with E-state index in [1.54, 1.807) is 6.07 Å². The number of amides is 1. The van der Waals surface area contributed by atoms with Gasteiger partial charge in [-0.15, -0.1) is 0 Å². The quantitative estimate of drug-likeness (QED) is 0.913. The Kier molecular flexibility index (Phi) is 4.83. The van der Waals surface area contributed by atoms with Crippen LogP contribution in [0.25, 0.3) is 11.1 Å². The Morgan fingerprint density at radius 2 is 2.17 bits per heavy atom. The van der Waals surface area contributed by atoms with Gasteiger partial charge in [0.15, 0.2) is 11.5 Å². The van der Waals surface area contributed by atoms with Gasteiger partial charge in [-0.25, -0.2) is 4.98 Å². The normalized spacial score (nSPS) is 18.8. The molecule has 0 bridgehead atoms. The molecule has 1 unspecified atom stereocenters. The minimum Gasteiger partial charge on any atom is -0.440 e. The van der Waals surface area contributed by atoms with Gasteiger partial charge >= 0.3 is 0 Å². The Labute approximate surface area is 147 Å². The van der Waals surface area contributed by atoms with Crippen molar-refractivity contribution in [2.45, 2.75) is 51.0 Å². The zero-order chi connectivity index (χ0) is 17.3. The summed E-state index contributed by atoms with van der Waals surface area (Å²) in [5.41, 5.74) is 6.95. The number of fused-ring (bicyclic) bond motifs is 1. The second kappa shape index (κ2) is 6.73. The summed E-state index contributed by atoms with van der Waals surface area (Å²) in [6.07, 6.45) is 3.29. The fourth-order valence-electron chi connectivity index (χ4n) is 3.41. The van der Waals surface area contributed by atoms with E-state index in [4.69, 9.17) is 21.8 Å². The summed E-state index contributed by atoms with van der Waals surface area (Å²) in [5.74, 6) is 1.02. The molecule has 5 nitrogen and oxygen atoms in total. The molecule has 0 saturated carbocycles. The molecule has 24 heavy (non-hydrogen) atoms. The molecule has 1 aromatic carbocycles. The van der Waals surface area contributed by atoms with Crippen LogP contribution >= 0.6 is 11.6 Å². The molecule has 6 heteroatoms. The van der Waals surface area contributed by atoms with E-state index in [9.17, 15) is 4.79 Å². The number of nitrogens with zero attached hydrogens (tertiary/aromatic N) is 2. The third-order valence-corrected chi connectivity index (χ3v) is 4.99. The minimum absolute atomic E-state index is 0.0483. The number of nitrogens with two attached hydrogens (primary N) is 1. The van der Waals surface area contributed by atoms with Crippen LogP contribution in [-0.4, -0.2) is 34.4 Å². The van der Waals surface area contributed by atoms with Crippen LogP contribution in [0.15, 0.2) is 22.6 Å². The van der Waals surface area contributed by atoms with E-state index in [-0.39, 0.29) is 11.8 Å². The summed E-state index contributed by atoms with van der Waals surface area (Å²) in [6.45, 7) is 5.26. The first-order chi connectivity index (χ1) is 11.4. The number of oxazole rings is 1. The molecule has 1 amide bonds. The maximum Gasteiger partial charge on any atom is 0.242 e. The third-order valence-electron chi connectivity index (χ3n) is 4.76. The van der Waals surface area contributed by atoms with Crippen LogP contribution in [0.4, 0.5) is 0 Å². The summed E-state index contributed by atoms with van der Waals surface area (Å²) in [4.78, 5) is 19.0. The lowest BCUT2D eigenvalue weighted by atomic mass is 9.92.